The van der Waals surface area contributed by atoms with Crippen LogP contribution >= 0.6 is 11.6 Å². The smallest absolute Gasteiger partial charge is 0.246 e. The van der Waals surface area contributed by atoms with Gasteiger partial charge in [0, 0.05) is 54.4 Å². The third-order valence-electron chi connectivity index (χ3n) is 8.68. The van der Waals surface area contributed by atoms with Crippen LogP contribution in [0.4, 0.5) is 14.5 Å². The summed E-state index contributed by atoms with van der Waals surface area (Å²) >= 11 is 6.17. The Labute approximate surface area is 222 Å². The Morgan fingerprint density at radius 2 is 1.76 bits per heavy atom. The zero-order valence-electron chi connectivity index (χ0n) is 21.2. The number of carbonyl (C=O) groups excluding carboxylic acids is 1. The lowest BCUT2D eigenvalue weighted by Crippen LogP contribution is -2.53. The number of hydrogen-bond acceptors (Lipinski definition) is 4. The van der Waals surface area contributed by atoms with E-state index in [4.69, 9.17) is 11.6 Å². The molecule has 8 heteroatoms. The normalized spacial score (nSPS) is 21.7. The Hall–Kier alpha value is -2.48. The van der Waals surface area contributed by atoms with Gasteiger partial charge in [0.1, 0.15) is 11.6 Å². The maximum absolute atomic E-state index is 13.4. The lowest BCUT2D eigenvalue weighted by atomic mass is 9.73. The Morgan fingerprint density at radius 1 is 1.08 bits per heavy atom. The van der Waals surface area contributed by atoms with E-state index >= 15 is 0 Å². The first-order valence-corrected chi connectivity index (χ1v) is 13.5. The molecule has 3 aliphatic heterocycles. The van der Waals surface area contributed by atoms with E-state index in [9.17, 15) is 18.7 Å². The summed E-state index contributed by atoms with van der Waals surface area (Å²) in [6.07, 6.45) is 5.94. The first-order chi connectivity index (χ1) is 17.7. The molecule has 5 nitrogen and oxygen atoms in total. The SMILES string of the molecule is CC(CN1CCC2(CC1)CNc1cc(Cl)ccc12)C1(O)CCN(C(=O)/C=C/c2cc(F)cc(F)c2)CC1. The number of halogens is 3. The number of piperidine rings is 2. The molecule has 0 aromatic heterocycles. The minimum atomic E-state index is -0.820. The van der Waals surface area contributed by atoms with Crippen LogP contribution in [0.5, 0.6) is 0 Å². The van der Waals surface area contributed by atoms with E-state index in [-0.39, 0.29) is 17.2 Å². The molecule has 2 saturated heterocycles. The average Bonchev–Trinajstić information content (AvgIpc) is 3.20. The summed E-state index contributed by atoms with van der Waals surface area (Å²) in [7, 11) is 0. The van der Waals surface area contributed by atoms with E-state index < -0.39 is 17.2 Å². The average molecular weight is 530 g/mol. The summed E-state index contributed by atoms with van der Waals surface area (Å²) in [6.45, 7) is 6.76. The second-order valence-electron chi connectivity index (χ2n) is 11.0. The number of nitrogens with one attached hydrogen (secondary N) is 1. The van der Waals surface area contributed by atoms with Crippen LogP contribution in [0.1, 0.15) is 43.7 Å². The molecule has 0 bridgehead atoms. The van der Waals surface area contributed by atoms with Gasteiger partial charge < -0.3 is 20.2 Å². The van der Waals surface area contributed by atoms with Gasteiger partial charge in [-0.1, -0.05) is 24.6 Å². The van der Waals surface area contributed by atoms with Crippen molar-refractivity contribution >= 4 is 29.3 Å². The van der Waals surface area contributed by atoms with Gasteiger partial charge >= 0.3 is 0 Å². The van der Waals surface area contributed by atoms with Crippen molar-refractivity contribution < 1.29 is 18.7 Å². The number of hydrogen-bond donors (Lipinski definition) is 2. The number of carbonyl (C=O) groups is 1. The van der Waals surface area contributed by atoms with Crippen LogP contribution in [0.2, 0.25) is 5.02 Å². The molecule has 2 fully saturated rings. The fourth-order valence-electron chi connectivity index (χ4n) is 6.20. The van der Waals surface area contributed by atoms with Crippen molar-refractivity contribution in [3.63, 3.8) is 0 Å². The van der Waals surface area contributed by atoms with Gasteiger partial charge in [-0.15, -0.1) is 0 Å². The number of rotatable bonds is 5. The van der Waals surface area contributed by atoms with Crippen LogP contribution in [0.15, 0.2) is 42.5 Å². The fraction of sp³-hybridized carbons (Fsp3) is 0.483. The summed E-state index contributed by atoms with van der Waals surface area (Å²) in [5.41, 5.74) is 2.17. The second kappa shape index (κ2) is 10.4. The Balaban J connectivity index is 1.12. The van der Waals surface area contributed by atoms with Gasteiger partial charge in [-0.25, -0.2) is 8.78 Å². The molecule has 1 atom stereocenters. The summed E-state index contributed by atoms with van der Waals surface area (Å²) in [6, 6.07) is 9.33. The zero-order chi connectivity index (χ0) is 26.2. The quantitative estimate of drug-likeness (QED) is 0.530. The van der Waals surface area contributed by atoms with Gasteiger partial charge in [-0.3, -0.25) is 4.79 Å². The van der Waals surface area contributed by atoms with Crippen LogP contribution < -0.4 is 5.32 Å². The van der Waals surface area contributed by atoms with Gasteiger partial charge in [0.25, 0.3) is 0 Å². The molecule has 1 unspecified atom stereocenters. The third kappa shape index (κ3) is 5.54. The standard InChI is InChI=1S/C29H34ClF2N3O2/c1-20(18-34-10-6-28(7-11-34)19-33-26-16-22(30)3-4-25(26)28)29(37)8-12-35(13-9-29)27(36)5-2-21-14-23(31)17-24(32)15-21/h2-5,14-17,20,33,37H,6-13,18-19H2,1H3/b5-2+. The maximum Gasteiger partial charge on any atom is 0.246 e. The van der Waals surface area contributed by atoms with Crippen LogP contribution in [0.25, 0.3) is 6.08 Å². The van der Waals surface area contributed by atoms with Gasteiger partial charge in [-0.2, -0.15) is 0 Å². The van der Waals surface area contributed by atoms with Gasteiger partial charge in [0.15, 0.2) is 0 Å². The summed E-state index contributed by atoms with van der Waals surface area (Å²) in [5, 5.41) is 15.7. The van der Waals surface area contributed by atoms with Crippen molar-refractivity contribution in [2.24, 2.45) is 5.92 Å². The number of amides is 1. The van der Waals surface area contributed by atoms with Crippen molar-refractivity contribution in [3.05, 3.63) is 70.3 Å². The molecule has 5 rings (SSSR count). The first kappa shape index (κ1) is 26.1. The van der Waals surface area contributed by atoms with Crippen molar-refractivity contribution in [3.8, 4) is 0 Å². The zero-order valence-corrected chi connectivity index (χ0v) is 21.9. The monoisotopic (exact) mass is 529 g/mol. The van der Waals surface area contributed by atoms with Crippen LogP contribution in [0, 0.1) is 17.6 Å². The van der Waals surface area contributed by atoms with E-state index in [0.717, 1.165) is 55.8 Å². The highest BCUT2D eigenvalue weighted by atomic mass is 35.5. The number of fused-ring (bicyclic) bond motifs is 2. The van der Waals surface area contributed by atoms with E-state index in [2.05, 4.69) is 23.2 Å². The van der Waals surface area contributed by atoms with Crippen LogP contribution in [-0.2, 0) is 10.2 Å². The summed E-state index contributed by atoms with van der Waals surface area (Å²) in [5.74, 6) is -1.49. The van der Waals surface area contributed by atoms with E-state index in [1.807, 2.05) is 12.1 Å². The van der Waals surface area contributed by atoms with E-state index in [0.29, 0.717) is 31.5 Å². The summed E-state index contributed by atoms with van der Waals surface area (Å²) in [4.78, 5) is 16.8. The highest BCUT2D eigenvalue weighted by Gasteiger charge is 2.43. The molecule has 0 saturated carbocycles. The van der Waals surface area contributed by atoms with Gasteiger partial charge in [-0.05, 0) is 86.2 Å². The van der Waals surface area contributed by atoms with Gasteiger partial charge in [0.05, 0.1) is 5.60 Å². The lowest BCUT2D eigenvalue weighted by Gasteiger charge is -2.45. The molecule has 1 spiro atoms. The molecule has 1 amide bonds. The predicted molar refractivity (Wildman–Crippen MR) is 143 cm³/mol. The number of likely N-dealkylation sites (tertiary alicyclic amines) is 2. The third-order valence-corrected chi connectivity index (χ3v) is 8.91. The molecule has 0 aliphatic carbocycles. The van der Waals surface area contributed by atoms with Crippen LogP contribution in [0.3, 0.4) is 0 Å². The minimum Gasteiger partial charge on any atom is -0.389 e. The molecule has 2 N–H and O–H groups in total. The molecule has 2 aromatic carbocycles. The Morgan fingerprint density at radius 3 is 2.43 bits per heavy atom. The highest BCUT2D eigenvalue weighted by Crippen LogP contribution is 2.45. The molecule has 37 heavy (non-hydrogen) atoms. The molecule has 3 aliphatic rings. The van der Waals surface area contributed by atoms with Crippen molar-refractivity contribution in [1.29, 1.82) is 0 Å². The largest absolute Gasteiger partial charge is 0.389 e. The molecular weight excluding hydrogens is 496 g/mol. The predicted octanol–water partition coefficient (Wildman–Crippen LogP) is 5.08. The Bertz CT molecular complexity index is 1170. The van der Waals surface area contributed by atoms with E-state index in [1.54, 1.807) is 4.90 Å². The first-order valence-electron chi connectivity index (χ1n) is 13.1. The van der Waals surface area contributed by atoms with E-state index in [1.165, 1.54) is 29.8 Å². The minimum absolute atomic E-state index is 0.0809. The second-order valence-corrected chi connectivity index (χ2v) is 11.4. The topological polar surface area (TPSA) is 55.8 Å². The molecule has 3 heterocycles. The highest BCUT2D eigenvalue weighted by molar-refractivity contribution is 6.30. The van der Waals surface area contributed by atoms with Crippen molar-refractivity contribution in [2.45, 2.75) is 43.6 Å². The van der Waals surface area contributed by atoms with Crippen molar-refractivity contribution in [2.75, 3.05) is 44.6 Å². The molecule has 2 aromatic rings. The maximum atomic E-state index is 13.4. The number of nitrogens with zero attached hydrogens (tertiary/aromatic N) is 2. The van der Waals surface area contributed by atoms with Crippen molar-refractivity contribution in [1.82, 2.24) is 9.80 Å². The molecule has 198 valence electrons. The van der Waals surface area contributed by atoms with Gasteiger partial charge in [0.2, 0.25) is 5.91 Å². The summed E-state index contributed by atoms with van der Waals surface area (Å²) < 4.78 is 26.8. The molecular formula is C29H34ClF2N3O2. The Kier molecular flexibility index (Phi) is 7.31. The fourth-order valence-corrected chi connectivity index (χ4v) is 6.38. The van der Waals surface area contributed by atoms with Crippen LogP contribution in [-0.4, -0.2) is 65.7 Å². The number of benzene rings is 2. The lowest BCUT2D eigenvalue weighted by molar-refractivity contribution is -0.132. The number of anilines is 1. The number of aliphatic hydroxyl groups is 1. The molecule has 0 radical (unpaired) electrons.